The summed E-state index contributed by atoms with van der Waals surface area (Å²) in [6, 6.07) is 5.26. The Morgan fingerprint density at radius 2 is 2.17 bits per heavy atom. The van der Waals surface area contributed by atoms with Crippen molar-refractivity contribution in [3.63, 3.8) is 0 Å². The monoisotopic (exact) mass is 434 g/mol. The predicted octanol–water partition coefficient (Wildman–Crippen LogP) is 4.76. The van der Waals surface area contributed by atoms with Crippen molar-refractivity contribution in [1.29, 1.82) is 0 Å². The number of likely N-dealkylation sites (tertiary alicyclic amines) is 1. The van der Waals surface area contributed by atoms with Gasteiger partial charge in [-0.2, -0.15) is 0 Å². The van der Waals surface area contributed by atoms with E-state index in [-0.39, 0.29) is 17.9 Å². The molecule has 0 radical (unpaired) electrons. The van der Waals surface area contributed by atoms with E-state index in [1.165, 1.54) is 11.3 Å². The average Bonchev–Trinajstić information content (AvgIpc) is 3.18. The Bertz CT molecular complexity index is 885. The van der Waals surface area contributed by atoms with Crippen LogP contribution in [0.2, 0.25) is 5.02 Å². The maximum atomic E-state index is 13.1. The third kappa shape index (κ3) is 5.28. The van der Waals surface area contributed by atoms with Crippen LogP contribution in [0, 0.1) is 6.92 Å². The van der Waals surface area contributed by atoms with Crippen molar-refractivity contribution in [2.75, 3.05) is 11.9 Å². The van der Waals surface area contributed by atoms with Crippen molar-refractivity contribution < 1.29 is 9.59 Å². The zero-order valence-electron chi connectivity index (χ0n) is 17.0. The number of thiazole rings is 1. The molecule has 1 saturated heterocycles. The number of aromatic nitrogens is 1. The molecule has 0 saturated carbocycles. The molecule has 2 amide bonds. The molecule has 3 rings (SSSR count). The van der Waals surface area contributed by atoms with Crippen LogP contribution in [0.4, 0.5) is 10.8 Å². The van der Waals surface area contributed by atoms with E-state index in [1.54, 1.807) is 10.3 Å². The molecule has 1 fully saturated rings. The number of anilines is 2. The number of hydrogen-bond donors (Lipinski definition) is 2. The minimum atomic E-state index is -0.432. The van der Waals surface area contributed by atoms with E-state index in [0.29, 0.717) is 28.8 Å². The number of nitrogens with zero attached hydrogens (tertiary/aromatic N) is 2. The van der Waals surface area contributed by atoms with Gasteiger partial charge in [-0.15, -0.1) is 11.3 Å². The number of rotatable bonds is 6. The largest absolute Gasteiger partial charge is 0.352 e. The molecule has 2 heterocycles. The van der Waals surface area contributed by atoms with Crippen LogP contribution >= 0.6 is 22.9 Å². The molecular weight excluding hydrogens is 408 g/mol. The van der Waals surface area contributed by atoms with Crippen molar-refractivity contribution in [1.82, 2.24) is 15.2 Å². The van der Waals surface area contributed by atoms with Gasteiger partial charge in [0.05, 0.1) is 0 Å². The van der Waals surface area contributed by atoms with Gasteiger partial charge in [0.25, 0.3) is 5.91 Å². The average molecular weight is 435 g/mol. The minimum Gasteiger partial charge on any atom is -0.352 e. The standard InChI is InChI=1S/C21H27ClN4O2S/c1-4-14(3)23-19(27)18-7-5-6-10-26(18)20(28)17-12-29-21(25-17)24-16-11-15(22)9-8-13(16)2/h8-9,11-12,14,18H,4-7,10H2,1-3H3,(H,23,27)(H,24,25). The van der Waals surface area contributed by atoms with Gasteiger partial charge in [-0.1, -0.05) is 24.6 Å². The van der Waals surface area contributed by atoms with E-state index in [2.05, 4.69) is 15.6 Å². The maximum absolute atomic E-state index is 13.1. The van der Waals surface area contributed by atoms with Crippen LogP contribution in [0.1, 0.15) is 55.6 Å². The highest BCUT2D eigenvalue weighted by molar-refractivity contribution is 7.14. The zero-order chi connectivity index (χ0) is 21.0. The fourth-order valence-electron chi connectivity index (χ4n) is 3.31. The normalized spacial score (nSPS) is 17.7. The Balaban J connectivity index is 1.73. The Morgan fingerprint density at radius 1 is 1.38 bits per heavy atom. The number of nitrogens with one attached hydrogen (secondary N) is 2. The second kappa shape index (κ2) is 9.59. The van der Waals surface area contributed by atoms with Gasteiger partial charge in [-0.25, -0.2) is 4.98 Å². The smallest absolute Gasteiger partial charge is 0.274 e. The number of carbonyl (C=O) groups excluding carboxylic acids is 2. The van der Waals surface area contributed by atoms with E-state index in [9.17, 15) is 9.59 Å². The quantitative estimate of drug-likeness (QED) is 0.687. The lowest BCUT2D eigenvalue weighted by molar-refractivity contribution is -0.127. The second-order valence-corrected chi connectivity index (χ2v) is 8.74. The molecule has 2 N–H and O–H groups in total. The van der Waals surface area contributed by atoms with Crippen LogP contribution in [-0.4, -0.2) is 40.3 Å². The topological polar surface area (TPSA) is 74.3 Å². The van der Waals surface area contributed by atoms with Gasteiger partial charge in [-0.3, -0.25) is 9.59 Å². The first-order valence-electron chi connectivity index (χ1n) is 9.99. The highest BCUT2D eigenvalue weighted by Crippen LogP contribution is 2.27. The molecule has 1 aliphatic rings. The molecule has 156 valence electrons. The van der Waals surface area contributed by atoms with Gasteiger partial charge in [0.2, 0.25) is 5.91 Å². The molecular formula is C21H27ClN4O2S. The Hall–Kier alpha value is -2.12. The number of aryl methyl sites for hydroxylation is 1. The maximum Gasteiger partial charge on any atom is 0.274 e. The molecule has 8 heteroatoms. The number of amides is 2. The molecule has 0 aliphatic carbocycles. The summed E-state index contributed by atoms with van der Waals surface area (Å²) in [6.07, 6.45) is 3.39. The third-order valence-electron chi connectivity index (χ3n) is 5.23. The van der Waals surface area contributed by atoms with Gasteiger partial charge in [-0.05, 0) is 57.2 Å². The van der Waals surface area contributed by atoms with Gasteiger partial charge in [0.15, 0.2) is 5.13 Å². The van der Waals surface area contributed by atoms with Crippen LogP contribution in [0.5, 0.6) is 0 Å². The summed E-state index contributed by atoms with van der Waals surface area (Å²) in [5.74, 6) is -0.267. The first kappa shape index (κ1) is 21.6. The zero-order valence-corrected chi connectivity index (χ0v) is 18.6. The summed E-state index contributed by atoms with van der Waals surface area (Å²) in [5.41, 5.74) is 2.25. The van der Waals surface area contributed by atoms with Gasteiger partial charge < -0.3 is 15.5 Å². The van der Waals surface area contributed by atoms with Gasteiger partial charge in [0.1, 0.15) is 11.7 Å². The van der Waals surface area contributed by atoms with Crippen LogP contribution in [0.3, 0.4) is 0 Å². The molecule has 1 aromatic heterocycles. The molecule has 1 aromatic carbocycles. The lowest BCUT2D eigenvalue weighted by atomic mass is 10.0. The van der Waals surface area contributed by atoms with E-state index in [1.807, 2.05) is 39.0 Å². The second-order valence-electron chi connectivity index (χ2n) is 7.45. The Morgan fingerprint density at radius 3 is 2.93 bits per heavy atom. The number of piperidine rings is 1. The predicted molar refractivity (Wildman–Crippen MR) is 118 cm³/mol. The molecule has 6 nitrogen and oxygen atoms in total. The van der Waals surface area contributed by atoms with Crippen LogP contribution < -0.4 is 10.6 Å². The number of benzene rings is 1. The molecule has 0 bridgehead atoms. The molecule has 0 spiro atoms. The first-order valence-corrected chi connectivity index (χ1v) is 11.2. The van der Waals surface area contributed by atoms with Crippen LogP contribution in [0.25, 0.3) is 0 Å². The summed E-state index contributed by atoms with van der Waals surface area (Å²) in [6.45, 7) is 6.56. The van der Waals surface area contributed by atoms with E-state index >= 15 is 0 Å². The molecule has 1 aliphatic heterocycles. The van der Waals surface area contributed by atoms with Crippen molar-refractivity contribution in [3.8, 4) is 0 Å². The number of halogens is 1. The Kier molecular flexibility index (Phi) is 7.14. The summed E-state index contributed by atoms with van der Waals surface area (Å²) >= 11 is 7.44. The fraction of sp³-hybridized carbons (Fsp3) is 0.476. The van der Waals surface area contributed by atoms with E-state index in [0.717, 1.165) is 30.5 Å². The lowest BCUT2D eigenvalue weighted by Gasteiger charge is -2.34. The molecule has 29 heavy (non-hydrogen) atoms. The summed E-state index contributed by atoms with van der Waals surface area (Å²) in [4.78, 5) is 31.9. The molecule has 2 aromatic rings. The molecule has 2 atom stereocenters. The van der Waals surface area contributed by atoms with E-state index in [4.69, 9.17) is 11.6 Å². The van der Waals surface area contributed by atoms with Crippen molar-refractivity contribution in [3.05, 3.63) is 39.9 Å². The summed E-state index contributed by atoms with van der Waals surface area (Å²) in [7, 11) is 0. The fourth-order valence-corrected chi connectivity index (χ4v) is 4.18. The van der Waals surface area contributed by atoms with Crippen LogP contribution in [-0.2, 0) is 4.79 Å². The highest BCUT2D eigenvalue weighted by atomic mass is 35.5. The van der Waals surface area contributed by atoms with Gasteiger partial charge in [0, 0.05) is 28.7 Å². The van der Waals surface area contributed by atoms with Crippen LogP contribution in [0.15, 0.2) is 23.6 Å². The summed E-state index contributed by atoms with van der Waals surface area (Å²) < 4.78 is 0. The Labute approximate surface area is 180 Å². The molecule has 2 unspecified atom stereocenters. The first-order chi connectivity index (χ1) is 13.9. The highest BCUT2D eigenvalue weighted by Gasteiger charge is 2.33. The van der Waals surface area contributed by atoms with Crippen molar-refractivity contribution in [2.45, 2.75) is 58.5 Å². The third-order valence-corrected chi connectivity index (χ3v) is 6.22. The minimum absolute atomic E-state index is 0.0736. The van der Waals surface area contributed by atoms with Crippen molar-refractivity contribution >= 4 is 45.6 Å². The summed E-state index contributed by atoms with van der Waals surface area (Å²) in [5, 5.41) is 9.24. The number of carbonyl (C=O) groups is 2. The SMILES string of the molecule is CCC(C)NC(=O)C1CCCCN1C(=O)c1csc(Nc2cc(Cl)ccc2C)n1. The van der Waals surface area contributed by atoms with E-state index < -0.39 is 6.04 Å². The van der Waals surface area contributed by atoms with Crippen molar-refractivity contribution in [2.24, 2.45) is 0 Å². The lowest BCUT2D eigenvalue weighted by Crippen LogP contribution is -2.53. The van der Waals surface area contributed by atoms with Gasteiger partial charge >= 0.3 is 0 Å². The number of hydrogen-bond acceptors (Lipinski definition) is 5.